The van der Waals surface area contributed by atoms with Crippen LogP contribution in [0.15, 0.2) is 10.9 Å². The lowest BCUT2D eigenvalue weighted by atomic mass is 10.2. The van der Waals surface area contributed by atoms with Crippen molar-refractivity contribution in [3.63, 3.8) is 0 Å². The van der Waals surface area contributed by atoms with Gasteiger partial charge in [-0.3, -0.25) is 9.59 Å². The standard InChI is InChI=1S/C11H10F5NO4/c1-2-20-7(19)4-5-3-6(18)9(21-11(14,15)16)8(17-5)10(12)13/h3,10H,2,4H2,1H3,(H,17,18). The van der Waals surface area contributed by atoms with Crippen molar-refractivity contribution in [2.24, 2.45) is 0 Å². The fraction of sp³-hybridized carbons (Fsp3) is 0.455. The predicted molar refractivity (Wildman–Crippen MR) is 59.0 cm³/mol. The summed E-state index contributed by atoms with van der Waals surface area (Å²) in [6.45, 7) is 1.53. The van der Waals surface area contributed by atoms with E-state index in [1.54, 1.807) is 0 Å². The molecule has 10 heteroatoms. The Morgan fingerprint density at radius 2 is 2.00 bits per heavy atom. The first-order valence-electron chi connectivity index (χ1n) is 5.59. The van der Waals surface area contributed by atoms with E-state index in [1.807, 2.05) is 4.98 Å². The Morgan fingerprint density at radius 1 is 1.38 bits per heavy atom. The van der Waals surface area contributed by atoms with Gasteiger partial charge >= 0.3 is 12.3 Å². The summed E-state index contributed by atoms with van der Waals surface area (Å²) in [5.74, 6) is -2.37. The second kappa shape index (κ2) is 6.55. The van der Waals surface area contributed by atoms with Gasteiger partial charge in [-0.2, -0.15) is 0 Å². The Morgan fingerprint density at radius 3 is 2.48 bits per heavy atom. The van der Waals surface area contributed by atoms with Crippen LogP contribution in [-0.4, -0.2) is 23.9 Å². The smallest absolute Gasteiger partial charge is 0.466 e. The normalized spacial score (nSPS) is 11.6. The third kappa shape index (κ3) is 5.04. The largest absolute Gasteiger partial charge is 0.573 e. The number of carbonyl (C=O) groups is 1. The van der Waals surface area contributed by atoms with Gasteiger partial charge in [0.2, 0.25) is 11.2 Å². The minimum absolute atomic E-state index is 0.0278. The van der Waals surface area contributed by atoms with Crippen LogP contribution in [0.2, 0.25) is 0 Å². The van der Waals surface area contributed by atoms with Crippen LogP contribution in [0.4, 0.5) is 22.0 Å². The van der Waals surface area contributed by atoms with Crippen LogP contribution in [0.25, 0.3) is 0 Å². The lowest BCUT2D eigenvalue weighted by Gasteiger charge is -2.13. The van der Waals surface area contributed by atoms with Crippen molar-refractivity contribution in [1.29, 1.82) is 0 Å². The van der Waals surface area contributed by atoms with Gasteiger partial charge in [0, 0.05) is 11.8 Å². The van der Waals surface area contributed by atoms with E-state index in [4.69, 9.17) is 0 Å². The van der Waals surface area contributed by atoms with Crippen LogP contribution in [0.1, 0.15) is 24.7 Å². The molecule has 118 valence electrons. The van der Waals surface area contributed by atoms with Gasteiger partial charge in [0.25, 0.3) is 6.43 Å². The second-order valence-corrected chi connectivity index (χ2v) is 3.73. The molecule has 0 saturated carbocycles. The van der Waals surface area contributed by atoms with E-state index < -0.39 is 42.1 Å². The monoisotopic (exact) mass is 315 g/mol. The van der Waals surface area contributed by atoms with E-state index >= 15 is 0 Å². The SMILES string of the molecule is CCOC(=O)Cc1cc(=O)c(OC(F)(F)F)c(C(F)F)[nH]1. The molecule has 5 nitrogen and oxygen atoms in total. The molecule has 0 saturated heterocycles. The maximum atomic E-state index is 12.7. The summed E-state index contributed by atoms with van der Waals surface area (Å²) in [7, 11) is 0. The third-order valence-corrected chi connectivity index (χ3v) is 2.15. The fourth-order valence-corrected chi connectivity index (χ4v) is 1.46. The first-order chi connectivity index (χ1) is 9.64. The van der Waals surface area contributed by atoms with Gasteiger partial charge in [0.1, 0.15) is 5.69 Å². The van der Waals surface area contributed by atoms with Crippen molar-refractivity contribution in [3.05, 3.63) is 27.7 Å². The number of esters is 1. The highest BCUT2D eigenvalue weighted by molar-refractivity contribution is 5.72. The highest BCUT2D eigenvalue weighted by atomic mass is 19.4. The molecular weight excluding hydrogens is 305 g/mol. The number of rotatable bonds is 5. The van der Waals surface area contributed by atoms with Gasteiger partial charge < -0.3 is 14.5 Å². The molecule has 0 radical (unpaired) electrons. The van der Waals surface area contributed by atoms with Crippen LogP contribution in [0.5, 0.6) is 5.75 Å². The molecule has 0 aliphatic rings. The van der Waals surface area contributed by atoms with E-state index in [9.17, 15) is 31.5 Å². The Kier molecular flexibility index (Phi) is 5.28. The average Bonchev–Trinajstić information content (AvgIpc) is 2.30. The number of hydrogen-bond donors (Lipinski definition) is 1. The molecule has 0 amide bonds. The quantitative estimate of drug-likeness (QED) is 0.669. The molecule has 1 aromatic heterocycles. The van der Waals surface area contributed by atoms with E-state index in [1.165, 1.54) is 6.92 Å². The maximum Gasteiger partial charge on any atom is 0.573 e. The lowest BCUT2D eigenvalue weighted by Crippen LogP contribution is -2.24. The summed E-state index contributed by atoms with van der Waals surface area (Å²) in [4.78, 5) is 24.5. The topological polar surface area (TPSA) is 68.4 Å². The average molecular weight is 315 g/mol. The van der Waals surface area contributed by atoms with E-state index in [2.05, 4.69) is 9.47 Å². The van der Waals surface area contributed by atoms with Crippen LogP contribution < -0.4 is 10.2 Å². The lowest BCUT2D eigenvalue weighted by molar-refractivity contribution is -0.275. The van der Waals surface area contributed by atoms with Gasteiger partial charge in [-0.15, -0.1) is 13.2 Å². The van der Waals surface area contributed by atoms with Crippen LogP contribution >= 0.6 is 0 Å². The first-order valence-corrected chi connectivity index (χ1v) is 5.59. The summed E-state index contributed by atoms with van der Waals surface area (Å²) >= 11 is 0. The molecule has 1 N–H and O–H groups in total. The first kappa shape index (κ1) is 16.9. The molecule has 1 heterocycles. The summed E-state index contributed by atoms with van der Waals surface area (Å²) in [5.41, 5.74) is -3.07. The van der Waals surface area contributed by atoms with Crippen molar-refractivity contribution in [1.82, 2.24) is 4.98 Å². The van der Waals surface area contributed by atoms with Crippen molar-refractivity contribution >= 4 is 5.97 Å². The Labute approximate surface area is 114 Å². The molecule has 0 atom stereocenters. The number of halogens is 5. The van der Waals surface area contributed by atoms with Crippen LogP contribution in [0, 0.1) is 0 Å². The van der Waals surface area contributed by atoms with Gasteiger partial charge in [-0.05, 0) is 6.92 Å². The number of aromatic amines is 1. The molecule has 0 fully saturated rings. The third-order valence-electron chi connectivity index (χ3n) is 2.15. The van der Waals surface area contributed by atoms with Crippen molar-refractivity contribution in [3.8, 4) is 5.75 Å². The van der Waals surface area contributed by atoms with Crippen LogP contribution in [-0.2, 0) is 16.0 Å². The Balaban J connectivity index is 3.19. The molecule has 0 aliphatic carbocycles. The summed E-state index contributed by atoms with van der Waals surface area (Å²) in [6.07, 6.45) is -9.27. The highest BCUT2D eigenvalue weighted by Gasteiger charge is 2.35. The number of carbonyl (C=O) groups excluding carboxylic acids is 1. The fourth-order valence-electron chi connectivity index (χ4n) is 1.46. The molecule has 0 aromatic carbocycles. The van der Waals surface area contributed by atoms with E-state index in [0.717, 1.165) is 0 Å². The summed E-state index contributed by atoms with van der Waals surface area (Å²) in [6, 6.07) is 0.573. The molecule has 1 rings (SSSR count). The molecule has 0 unspecified atom stereocenters. The molecule has 1 aromatic rings. The summed E-state index contributed by atoms with van der Waals surface area (Å²) < 4.78 is 69.5. The molecule has 0 spiro atoms. The minimum Gasteiger partial charge on any atom is -0.466 e. The number of pyridine rings is 1. The number of nitrogens with one attached hydrogen (secondary N) is 1. The molecule has 0 aliphatic heterocycles. The number of H-pyrrole nitrogens is 1. The number of ether oxygens (including phenoxy) is 2. The Bertz CT molecular complexity index is 567. The van der Waals surface area contributed by atoms with Gasteiger partial charge in [0.15, 0.2) is 0 Å². The highest BCUT2D eigenvalue weighted by Crippen LogP contribution is 2.28. The van der Waals surface area contributed by atoms with Crippen molar-refractivity contribution in [2.75, 3.05) is 6.61 Å². The molecule has 21 heavy (non-hydrogen) atoms. The molecular formula is C11H10F5NO4. The molecule has 0 bridgehead atoms. The zero-order valence-electron chi connectivity index (χ0n) is 10.6. The van der Waals surface area contributed by atoms with Gasteiger partial charge in [0.05, 0.1) is 13.0 Å². The minimum atomic E-state index is -5.29. The van der Waals surface area contributed by atoms with Crippen LogP contribution in [0.3, 0.4) is 0 Å². The van der Waals surface area contributed by atoms with E-state index in [-0.39, 0.29) is 12.3 Å². The Hall–Kier alpha value is -2.13. The maximum absolute atomic E-state index is 12.7. The zero-order chi connectivity index (χ0) is 16.2. The van der Waals surface area contributed by atoms with Crippen molar-refractivity contribution < 1.29 is 36.2 Å². The second-order valence-electron chi connectivity index (χ2n) is 3.73. The number of alkyl halides is 5. The predicted octanol–water partition coefficient (Wildman–Crippen LogP) is 2.32. The van der Waals surface area contributed by atoms with Gasteiger partial charge in [-0.25, -0.2) is 8.78 Å². The number of hydrogen-bond acceptors (Lipinski definition) is 4. The van der Waals surface area contributed by atoms with Gasteiger partial charge in [-0.1, -0.05) is 0 Å². The van der Waals surface area contributed by atoms with E-state index in [0.29, 0.717) is 6.07 Å². The summed E-state index contributed by atoms with van der Waals surface area (Å²) in [5, 5.41) is 0. The number of aromatic nitrogens is 1. The van der Waals surface area contributed by atoms with Crippen molar-refractivity contribution in [2.45, 2.75) is 26.1 Å². The zero-order valence-corrected chi connectivity index (χ0v) is 10.6.